The maximum absolute atomic E-state index is 14.4. The first-order valence-electron chi connectivity index (χ1n) is 12.9. The van der Waals surface area contributed by atoms with Crippen molar-refractivity contribution in [3.63, 3.8) is 0 Å². The number of thiazole rings is 1. The highest BCUT2D eigenvalue weighted by molar-refractivity contribution is 14.1. The Morgan fingerprint density at radius 1 is 1.07 bits per heavy atom. The summed E-state index contributed by atoms with van der Waals surface area (Å²) in [5, 5.41) is 1.21. The number of nitrogens with zero attached hydrogens (tertiary/aromatic N) is 2. The second kappa shape index (κ2) is 13.9. The van der Waals surface area contributed by atoms with Crippen molar-refractivity contribution in [3.05, 3.63) is 124 Å². The monoisotopic (exact) mass is 918 g/mol. The smallest absolute Gasteiger partial charge is 0.434 e. The average Bonchev–Trinajstić information content (AvgIpc) is 3.27. The predicted octanol–water partition coefficient (Wildman–Crippen LogP) is 8.09. The van der Waals surface area contributed by atoms with E-state index in [0.717, 1.165) is 23.0 Å². The summed E-state index contributed by atoms with van der Waals surface area (Å²) in [7, 11) is 0. The number of carbonyl (C=O) groups excluding carboxylic acids is 1. The molecule has 1 aliphatic heterocycles. The van der Waals surface area contributed by atoms with Crippen molar-refractivity contribution in [2.24, 2.45) is 4.99 Å². The fourth-order valence-corrected chi connectivity index (χ4v) is 8.20. The summed E-state index contributed by atoms with van der Waals surface area (Å²) in [5.41, 5.74) is -1.47. The van der Waals surface area contributed by atoms with Crippen molar-refractivity contribution >= 4 is 103 Å². The number of ether oxygens (including phenoxy) is 2. The van der Waals surface area contributed by atoms with Gasteiger partial charge in [0.05, 0.1) is 26.3 Å². The molecule has 0 spiro atoms. The number of benzene rings is 3. The number of hydrogen-bond donors (Lipinski definition) is 0. The number of alkyl halides is 3. The first-order valence-corrected chi connectivity index (χ1v) is 17.0. The van der Waals surface area contributed by atoms with Crippen LogP contribution >= 0.6 is 91.3 Å². The molecule has 234 valence electrons. The Balaban J connectivity index is 1.71. The molecule has 0 amide bonds. The zero-order chi connectivity index (χ0) is 32.6. The van der Waals surface area contributed by atoms with E-state index in [1.54, 1.807) is 24.3 Å². The van der Waals surface area contributed by atoms with Crippen LogP contribution in [0.1, 0.15) is 29.7 Å². The molecular formula is C30H18Cl3F3I2N2O4S. The third-order valence-corrected chi connectivity index (χ3v) is 9.74. The highest BCUT2D eigenvalue weighted by Gasteiger charge is 2.45. The Labute approximate surface area is 300 Å². The molecule has 0 bridgehead atoms. The molecule has 0 aliphatic carbocycles. The number of carbonyl (C=O) groups is 1. The van der Waals surface area contributed by atoms with Gasteiger partial charge in [0.1, 0.15) is 12.4 Å². The third kappa shape index (κ3) is 7.40. The van der Waals surface area contributed by atoms with Crippen LogP contribution in [0, 0.1) is 7.14 Å². The fraction of sp³-hybridized carbons (Fsp3) is 0.167. The van der Waals surface area contributed by atoms with E-state index < -0.39 is 35.0 Å². The Hall–Kier alpha value is -2.11. The van der Waals surface area contributed by atoms with Crippen LogP contribution in [0.2, 0.25) is 15.1 Å². The van der Waals surface area contributed by atoms with Gasteiger partial charge >= 0.3 is 12.1 Å². The van der Waals surface area contributed by atoms with Gasteiger partial charge in [-0.05, 0) is 100 Å². The van der Waals surface area contributed by atoms with E-state index in [4.69, 9.17) is 44.3 Å². The van der Waals surface area contributed by atoms with E-state index in [2.05, 4.69) is 50.2 Å². The van der Waals surface area contributed by atoms with Crippen molar-refractivity contribution < 1.29 is 27.4 Å². The largest absolute Gasteiger partial charge is 0.487 e. The van der Waals surface area contributed by atoms with Gasteiger partial charge in [-0.3, -0.25) is 9.36 Å². The number of rotatable bonds is 7. The maximum Gasteiger partial charge on any atom is 0.434 e. The van der Waals surface area contributed by atoms with Crippen LogP contribution in [0.4, 0.5) is 13.2 Å². The van der Waals surface area contributed by atoms with Crippen molar-refractivity contribution in [3.8, 4) is 5.75 Å². The van der Waals surface area contributed by atoms with E-state index >= 15 is 0 Å². The van der Waals surface area contributed by atoms with Gasteiger partial charge in [-0.2, -0.15) is 13.2 Å². The minimum atomic E-state index is -5.02. The molecule has 0 saturated heterocycles. The summed E-state index contributed by atoms with van der Waals surface area (Å²) in [4.78, 5) is 30.6. The molecule has 6 nitrogen and oxygen atoms in total. The van der Waals surface area contributed by atoms with E-state index in [-0.39, 0.29) is 28.1 Å². The minimum absolute atomic E-state index is 0.0755. The normalized spacial score (nSPS) is 15.1. The first-order chi connectivity index (χ1) is 21.3. The van der Waals surface area contributed by atoms with Gasteiger partial charge in [-0.25, -0.2) is 9.79 Å². The summed E-state index contributed by atoms with van der Waals surface area (Å²) in [6, 6.07) is 13.0. The lowest BCUT2D eigenvalue weighted by Crippen LogP contribution is -2.41. The van der Waals surface area contributed by atoms with Crippen LogP contribution < -0.4 is 19.6 Å². The number of halogens is 8. The zero-order valence-corrected chi connectivity index (χ0v) is 30.1. The lowest BCUT2D eigenvalue weighted by atomic mass is 9.95. The van der Waals surface area contributed by atoms with E-state index in [9.17, 15) is 22.8 Å². The summed E-state index contributed by atoms with van der Waals surface area (Å²) in [5.74, 6) is -0.795. The minimum Gasteiger partial charge on any atom is -0.487 e. The molecule has 15 heteroatoms. The SMILES string of the molecule is CCOC(=O)C1=C(C(F)(F)F)N=c2s/c(=C\c3cc(I)cc(I)c3OCc3ccc(Cl)cc3Cl)c(=O)n2[C@@H]1c1ccc(Cl)cc1. The molecule has 5 rings (SSSR count). The molecule has 0 saturated carbocycles. The molecule has 0 radical (unpaired) electrons. The summed E-state index contributed by atoms with van der Waals surface area (Å²) in [6.07, 6.45) is -3.48. The van der Waals surface area contributed by atoms with Crippen LogP contribution in [0.5, 0.6) is 5.75 Å². The zero-order valence-electron chi connectivity index (χ0n) is 22.7. The fourth-order valence-electron chi connectivity index (χ4n) is 4.57. The van der Waals surface area contributed by atoms with Crippen molar-refractivity contribution in [1.82, 2.24) is 4.57 Å². The topological polar surface area (TPSA) is 69.9 Å². The van der Waals surface area contributed by atoms with Crippen LogP contribution in [0.3, 0.4) is 0 Å². The van der Waals surface area contributed by atoms with Gasteiger partial charge in [0.15, 0.2) is 10.5 Å². The molecule has 3 aromatic carbocycles. The molecule has 1 aromatic heterocycles. The summed E-state index contributed by atoms with van der Waals surface area (Å²) < 4.78 is 57.1. The average molecular weight is 920 g/mol. The highest BCUT2D eigenvalue weighted by atomic mass is 127. The Kier molecular flexibility index (Phi) is 10.6. The van der Waals surface area contributed by atoms with E-state index in [1.165, 1.54) is 37.3 Å². The Morgan fingerprint density at radius 2 is 1.76 bits per heavy atom. The van der Waals surface area contributed by atoms with E-state index in [0.29, 0.717) is 31.9 Å². The number of allylic oxidation sites excluding steroid dienone is 1. The van der Waals surface area contributed by atoms with Gasteiger partial charge in [-0.15, -0.1) is 0 Å². The molecule has 2 heterocycles. The van der Waals surface area contributed by atoms with Gasteiger partial charge in [0, 0.05) is 29.8 Å². The molecule has 45 heavy (non-hydrogen) atoms. The second-order valence-electron chi connectivity index (χ2n) is 9.45. The van der Waals surface area contributed by atoms with Crippen LogP contribution in [0.15, 0.2) is 75.7 Å². The number of esters is 1. The van der Waals surface area contributed by atoms with Gasteiger partial charge < -0.3 is 9.47 Å². The number of hydrogen-bond acceptors (Lipinski definition) is 6. The summed E-state index contributed by atoms with van der Waals surface area (Å²) >= 11 is 23.4. The van der Waals surface area contributed by atoms with Crippen LogP contribution in [0.25, 0.3) is 6.08 Å². The predicted molar refractivity (Wildman–Crippen MR) is 185 cm³/mol. The standard InChI is InChI=1S/C30H18Cl3F3I2N2O4S/c1-2-43-28(42)23-24(14-3-6-17(31)7-4-14)40-27(41)22(45-29(40)39-26(23)30(34,35)36)10-16-9-19(37)12-21(38)25(16)44-13-15-5-8-18(32)11-20(15)33/h3-12,24H,2,13H2,1H3/b22-10-/t24-/m1/s1. The van der Waals surface area contributed by atoms with Crippen molar-refractivity contribution in [2.45, 2.75) is 25.7 Å². The van der Waals surface area contributed by atoms with E-state index in [1.807, 2.05) is 6.07 Å². The lowest BCUT2D eigenvalue weighted by molar-refractivity contribution is -0.140. The molecular weight excluding hydrogens is 902 g/mol. The lowest BCUT2D eigenvalue weighted by Gasteiger charge is -2.26. The molecule has 1 atom stereocenters. The second-order valence-corrected chi connectivity index (χ2v) is 14.1. The molecule has 0 N–H and O–H groups in total. The van der Waals surface area contributed by atoms with Crippen LogP contribution in [-0.4, -0.2) is 23.3 Å². The van der Waals surface area contributed by atoms with Crippen molar-refractivity contribution in [2.75, 3.05) is 6.61 Å². The van der Waals surface area contributed by atoms with Gasteiger partial charge in [0.25, 0.3) is 5.56 Å². The summed E-state index contributed by atoms with van der Waals surface area (Å²) in [6.45, 7) is 1.38. The Bertz CT molecular complexity index is 2030. The maximum atomic E-state index is 14.4. The molecule has 4 aromatic rings. The number of aromatic nitrogens is 1. The Morgan fingerprint density at radius 3 is 2.40 bits per heavy atom. The molecule has 0 fully saturated rings. The van der Waals surface area contributed by atoms with Crippen LogP contribution in [-0.2, 0) is 16.1 Å². The molecule has 0 unspecified atom stereocenters. The van der Waals surface area contributed by atoms with Gasteiger partial charge in [-0.1, -0.05) is 64.3 Å². The first kappa shape index (κ1) is 34.2. The highest BCUT2D eigenvalue weighted by Crippen LogP contribution is 2.39. The van der Waals surface area contributed by atoms with Gasteiger partial charge in [0.2, 0.25) is 0 Å². The van der Waals surface area contributed by atoms with Crippen molar-refractivity contribution in [1.29, 1.82) is 0 Å². The molecule has 1 aliphatic rings. The quantitative estimate of drug-likeness (QED) is 0.139. The number of fused-ring (bicyclic) bond motifs is 1. The third-order valence-electron chi connectivity index (χ3n) is 6.49.